The van der Waals surface area contributed by atoms with E-state index in [0.29, 0.717) is 34.5 Å². The van der Waals surface area contributed by atoms with Gasteiger partial charge in [0.1, 0.15) is 17.4 Å². The Bertz CT molecular complexity index is 1330. The van der Waals surface area contributed by atoms with Crippen LogP contribution < -0.4 is 5.32 Å². The number of carbonyl (C=O) groups is 1. The molecule has 0 bridgehead atoms. The molecule has 0 aliphatic carbocycles. The van der Waals surface area contributed by atoms with Gasteiger partial charge in [0.25, 0.3) is 0 Å². The number of anilines is 2. The van der Waals surface area contributed by atoms with Gasteiger partial charge in [0.2, 0.25) is 11.9 Å². The number of likely N-dealkylation sites (N-methyl/N-ethyl adjacent to an activating group) is 1. The Morgan fingerprint density at radius 2 is 1.76 bits per heavy atom. The first-order chi connectivity index (χ1) is 16.0. The molecule has 1 amide bonds. The van der Waals surface area contributed by atoms with Gasteiger partial charge >= 0.3 is 0 Å². The fourth-order valence-corrected chi connectivity index (χ4v) is 3.84. The number of aryl methyl sites for hydroxylation is 1. The van der Waals surface area contributed by atoms with Gasteiger partial charge in [-0.15, -0.1) is 0 Å². The SMILES string of the molecule is Cc1nccc(Nc2nccc(-c3cccc(-c4cc([C@@H]5CCN(C)C5=O)on4)n3)n2)c1C. The molecule has 0 saturated carbocycles. The van der Waals surface area contributed by atoms with Gasteiger partial charge in [0.05, 0.1) is 17.1 Å². The van der Waals surface area contributed by atoms with Crippen LogP contribution in [-0.2, 0) is 4.79 Å². The van der Waals surface area contributed by atoms with Gasteiger partial charge < -0.3 is 14.7 Å². The third-order valence-electron chi connectivity index (χ3n) is 5.93. The van der Waals surface area contributed by atoms with Gasteiger partial charge in [0.15, 0.2) is 0 Å². The van der Waals surface area contributed by atoms with E-state index >= 15 is 0 Å². The number of carbonyl (C=O) groups excluding carboxylic acids is 1. The zero-order valence-electron chi connectivity index (χ0n) is 18.6. The molecule has 0 unspecified atom stereocenters. The number of likely N-dealkylation sites (tertiary alicyclic amines) is 1. The summed E-state index contributed by atoms with van der Waals surface area (Å²) in [6, 6.07) is 11.1. The van der Waals surface area contributed by atoms with Gasteiger partial charge in [0, 0.05) is 43.4 Å². The normalized spacial score (nSPS) is 15.8. The van der Waals surface area contributed by atoms with Crippen molar-refractivity contribution in [2.75, 3.05) is 18.9 Å². The Balaban J connectivity index is 1.40. The fourth-order valence-electron chi connectivity index (χ4n) is 3.84. The molecule has 4 aromatic rings. The second-order valence-electron chi connectivity index (χ2n) is 8.08. The Hall–Kier alpha value is -4.14. The summed E-state index contributed by atoms with van der Waals surface area (Å²) in [5.41, 5.74) is 5.49. The van der Waals surface area contributed by atoms with Gasteiger partial charge in [-0.1, -0.05) is 11.2 Å². The molecule has 1 atom stereocenters. The van der Waals surface area contributed by atoms with Crippen molar-refractivity contribution in [2.24, 2.45) is 0 Å². The maximum Gasteiger partial charge on any atom is 0.233 e. The lowest BCUT2D eigenvalue weighted by atomic mass is 10.0. The van der Waals surface area contributed by atoms with Crippen LogP contribution in [0.4, 0.5) is 11.6 Å². The smallest absolute Gasteiger partial charge is 0.233 e. The van der Waals surface area contributed by atoms with E-state index < -0.39 is 0 Å². The highest BCUT2D eigenvalue weighted by atomic mass is 16.5. The summed E-state index contributed by atoms with van der Waals surface area (Å²) in [6.07, 6.45) is 4.17. The number of pyridine rings is 2. The number of aromatic nitrogens is 5. The summed E-state index contributed by atoms with van der Waals surface area (Å²) in [4.78, 5) is 32.0. The van der Waals surface area contributed by atoms with E-state index in [-0.39, 0.29) is 11.8 Å². The first kappa shape index (κ1) is 20.7. The maximum atomic E-state index is 12.3. The molecular formula is C24H23N7O2. The van der Waals surface area contributed by atoms with Gasteiger partial charge in [-0.3, -0.25) is 9.78 Å². The summed E-state index contributed by atoms with van der Waals surface area (Å²) >= 11 is 0. The van der Waals surface area contributed by atoms with E-state index in [0.717, 1.165) is 29.9 Å². The van der Waals surface area contributed by atoms with Crippen molar-refractivity contribution in [3.05, 3.63) is 65.8 Å². The quantitative estimate of drug-likeness (QED) is 0.497. The molecule has 9 heteroatoms. The molecular weight excluding hydrogens is 418 g/mol. The average molecular weight is 441 g/mol. The number of amides is 1. The Morgan fingerprint density at radius 3 is 2.55 bits per heavy atom. The van der Waals surface area contributed by atoms with Crippen LogP contribution in [0.3, 0.4) is 0 Å². The minimum absolute atomic E-state index is 0.0556. The molecule has 1 aliphatic rings. The van der Waals surface area contributed by atoms with E-state index in [1.165, 1.54) is 0 Å². The van der Waals surface area contributed by atoms with Crippen LogP contribution in [0.5, 0.6) is 0 Å². The molecule has 5 rings (SSSR count). The van der Waals surface area contributed by atoms with E-state index in [9.17, 15) is 4.79 Å². The van der Waals surface area contributed by atoms with Crippen molar-refractivity contribution in [3.63, 3.8) is 0 Å². The molecule has 33 heavy (non-hydrogen) atoms. The molecule has 0 radical (unpaired) electrons. The molecule has 4 aromatic heterocycles. The number of nitrogens with zero attached hydrogens (tertiary/aromatic N) is 6. The Kier molecular flexibility index (Phi) is 5.29. The molecule has 9 nitrogen and oxygen atoms in total. The van der Waals surface area contributed by atoms with Gasteiger partial charge in [-0.25, -0.2) is 15.0 Å². The lowest BCUT2D eigenvalue weighted by Gasteiger charge is -2.10. The van der Waals surface area contributed by atoms with E-state index in [4.69, 9.17) is 9.51 Å². The summed E-state index contributed by atoms with van der Waals surface area (Å²) in [6.45, 7) is 4.68. The maximum absolute atomic E-state index is 12.3. The largest absolute Gasteiger partial charge is 0.360 e. The number of hydrogen-bond donors (Lipinski definition) is 1. The molecule has 1 N–H and O–H groups in total. The number of rotatable bonds is 5. The van der Waals surface area contributed by atoms with Gasteiger partial charge in [-0.2, -0.15) is 0 Å². The van der Waals surface area contributed by atoms with Crippen LogP contribution in [0.15, 0.2) is 53.3 Å². The fraction of sp³-hybridized carbons (Fsp3) is 0.250. The highest BCUT2D eigenvalue weighted by molar-refractivity contribution is 5.85. The molecule has 0 spiro atoms. The van der Waals surface area contributed by atoms with Gasteiger partial charge in [-0.05, 0) is 50.1 Å². The zero-order chi connectivity index (χ0) is 22.9. The van der Waals surface area contributed by atoms with E-state index in [2.05, 4.69) is 25.4 Å². The first-order valence-electron chi connectivity index (χ1n) is 10.7. The molecule has 1 fully saturated rings. The highest BCUT2D eigenvalue weighted by Gasteiger charge is 2.33. The predicted molar refractivity (Wildman–Crippen MR) is 123 cm³/mol. The molecule has 1 saturated heterocycles. The third kappa shape index (κ3) is 4.05. The van der Waals surface area contributed by atoms with E-state index in [1.54, 1.807) is 30.4 Å². The standard InChI is InChI=1S/C24H23N7O2/c1-14-15(2)25-10-7-17(14)28-24-26-11-8-20(29-24)18-5-4-6-19(27-18)21-13-22(33-30-21)16-9-12-31(3)23(16)32/h4-8,10-11,13,16H,9,12H2,1-3H3,(H,25,26,28,29)/t16-/m0/s1. The summed E-state index contributed by atoms with van der Waals surface area (Å²) in [7, 11) is 1.80. The van der Waals surface area contributed by atoms with Crippen LogP contribution >= 0.6 is 0 Å². The highest BCUT2D eigenvalue weighted by Crippen LogP contribution is 2.31. The Labute approximate surface area is 190 Å². The van der Waals surface area contributed by atoms with Crippen LogP contribution in [0.25, 0.3) is 22.8 Å². The second-order valence-corrected chi connectivity index (χ2v) is 8.08. The summed E-state index contributed by atoms with van der Waals surface area (Å²) in [5.74, 6) is 0.819. The van der Waals surface area contributed by atoms with Crippen molar-refractivity contribution < 1.29 is 9.32 Å². The van der Waals surface area contributed by atoms with Crippen molar-refractivity contribution in [1.29, 1.82) is 0 Å². The zero-order valence-corrected chi connectivity index (χ0v) is 18.6. The monoisotopic (exact) mass is 441 g/mol. The minimum atomic E-state index is -0.282. The summed E-state index contributed by atoms with van der Waals surface area (Å²) in [5, 5.41) is 7.42. The number of hydrogen-bond acceptors (Lipinski definition) is 8. The topological polar surface area (TPSA) is 110 Å². The van der Waals surface area contributed by atoms with Crippen LogP contribution in [0.1, 0.15) is 29.4 Å². The van der Waals surface area contributed by atoms with E-state index in [1.807, 2.05) is 44.2 Å². The van der Waals surface area contributed by atoms with Crippen molar-refractivity contribution in [2.45, 2.75) is 26.2 Å². The average Bonchev–Trinajstić information content (AvgIpc) is 3.44. The molecule has 1 aliphatic heterocycles. The minimum Gasteiger partial charge on any atom is -0.360 e. The third-order valence-corrected chi connectivity index (χ3v) is 5.93. The molecule has 0 aromatic carbocycles. The predicted octanol–water partition coefficient (Wildman–Crippen LogP) is 3.89. The summed E-state index contributed by atoms with van der Waals surface area (Å²) < 4.78 is 5.50. The Morgan fingerprint density at radius 1 is 1.00 bits per heavy atom. The lowest BCUT2D eigenvalue weighted by molar-refractivity contribution is -0.128. The van der Waals surface area contributed by atoms with Crippen molar-refractivity contribution in [3.8, 4) is 22.8 Å². The number of nitrogens with one attached hydrogen (secondary N) is 1. The molecule has 166 valence electrons. The van der Waals surface area contributed by atoms with Crippen LogP contribution in [0, 0.1) is 13.8 Å². The van der Waals surface area contributed by atoms with Crippen molar-refractivity contribution in [1.82, 2.24) is 30.0 Å². The van der Waals surface area contributed by atoms with Crippen molar-refractivity contribution >= 4 is 17.5 Å². The van der Waals surface area contributed by atoms with Crippen LogP contribution in [-0.4, -0.2) is 49.5 Å². The van der Waals surface area contributed by atoms with Crippen LogP contribution in [0.2, 0.25) is 0 Å². The lowest BCUT2D eigenvalue weighted by Crippen LogP contribution is -2.21. The second kappa shape index (κ2) is 8.42. The molecule has 5 heterocycles. The first-order valence-corrected chi connectivity index (χ1v) is 10.7.